The Morgan fingerprint density at radius 2 is 1.68 bits per heavy atom. The summed E-state index contributed by atoms with van der Waals surface area (Å²) in [5.74, 6) is 1.39. The van der Waals surface area contributed by atoms with Crippen LogP contribution in [0.3, 0.4) is 0 Å². The molecule has 128 valence electrons. The highest BCUT2D eigenvalue weighted by Gasteiger charge is 2.19. The molecule has 3 rings (SSSR count). The number of carbonyl (C=O) groups excluding carboxylic acids is 1. The summed E-state index contributed by atoms with van der Waals surface area (Å²) in [5.41, 5.74) is 1.35. The van der Waals surface area contributed by atoms with E-state index in [0.717, 1.165) is 5.56 Å². The molecule has 3 N–H and O–H groups in total. The van der Waals surface area contributed by atoms with Crippen LogP contribution in [0.1, 0.15) is 34.1 Å². The first-order chi connectivity index (χ1) is 12.0. The monoisotopic (exact) mass is 338 g/mol. The van der Waals surface area contributed by atoms with E-state index in [1.54, 1.807) is 49.4 Å². The van der Waals surface area contributed by atoms with Crippen LogP contribution in [0.4, 0.5) is 5.82 Å². The molecule has 2 aromatic carbocycles. The molecule has 0 bridgehead atoms. The third kappa shape index (κ3) is 4.17. The van der Waals surface area contributed by atoms with E-state index in [4.69, 9.17) is 4.52 Å². The molecule has 0 fully saturated rings. The van der Waals surface area contributed by atoms with Crippen molar-refractivity contribution in [2.45, 2.75) is 19.4 Å². The van der Waals surface area contributed by atoms with Gasteiger partial charge in [-0.25, -0.2) is 0 Å². The van der Waals surface area contributed by atoms with Crippen LogP contribution in [-0.4, -0.2) is 21.2 Å². The van der Waals surface area contributed by atoms with Crippen LogP contribution < -0.4 is 5.32 Å². The van der Waals surface area contributed by atoms with E-state index in [2.05, 4.69) is 10.5 Å². The Balaban J connectivity index is 1.83. The fraction of sp³-hybridized carbons (Fsp3) is 0.158. The minimum absolute atomic E-state index is 0.0780. The average molecular weight is 338 g/mol. The summed E-state index contributed by atoms with van der Waals surface area (Å²) in [5, 5.41) is 25.9. The van der Waals surface area contributed by atoms with Crippen LogP contribution in [0.2, 0.25) is 0 Å². The number of hydrogen-bond donors (Lipinski definition) is 3. The van der Waals surface area contributed by atoms with Crippen molar-refractivity contribution in [3.8, 4) is 11.5 Å². The van der Waals surface area contributed by atoms with Crippen LogP contribution in [0.25, 0.3) is 0 Å². The second-order valence-electron chi connectivity index (χ2n) is 5.79. The molecule has 1 aromatic heterocycles. The summed E-state index contributed by atoms with van der Waals surface area (Å²) in [6.07, 6.45) is 0.182. The highest BCUT2D eigenvalue weighted by molar-refractivity contribution is 5.96. The molecular weight excluding hydrogens is 320 g/mol. The molecule has 0 amide bonds. The normalized spacial score (nSPS) is 11.9. The highest BCUT2D eigenvalue weighted by atomic mass is 16.5. The number of phenolic OH excluding ortho intramolecular Hbond substituents is 2. The first kappa shape index (κ1) is 16.6. The van der Waals surface area contributed by atoms with Gasteiger partial charge in [0.2, 0.25) is 0 Å². The van der Waals surface area contributed by atoms with Gasteiger partial charge >= 0.3 is 0 Å². The van der Waals surface area contributed by atoms with Crippen molar-refractivity contribution in [2.24, 2.45) is 0 Å². The summed E-state index contributed by atoms with van der Waals surface area (Å²) in [6.45, 7) is 1.79. The van der Waals surface area contributed by atoms with E-state index in [9.17, 15) is 15.0 Å². The lowest BCUT2D eigenvalue weighted by Gasteiger charge is -2.18. The van der Waals surface area contributed by atoms with E-state index in [-0.39, 0.29) is 29.7 Å². The second-order valence-corrected chi connectivity index (χ2v) is 5.79. The minimum Gasteiger partial charge on any atom is -0.508 e. The zero-order valence-corrected chi connectivity index (χ0v) is 13.6. The summed E-state index contributed by atoms with van der Waals surface area (Å²) in [4.78, 5) is 12.6. The van der Waals surface area contributed by atoms with Gasteiger partial charge in [0, 0.05) is 18.1 Å². The van der Waals surface area contributed by atoms with Crippen LogP contribution in [0.15, 0.2) is 59.1 Å². The molecule has 0 aliphatic rings. The molecule has 1 unspecified atom stereocenters. The number of benzene rings is 2. The molecule has 1 heterocycles. The minimum atomic E-state index is -0.341. The Bertz CT molecular complexity index is 854. The lowest BCUT2D eigenvalue weighted by molar-refractivity contribution is 0.0976. The topological polar surface area (TPSA) is 95.6 Å². The Kier molecular flexibility index (Phi) is 4.70. The van der Waals surface area contributed by atoms with E-state index in [0.29, 0.717) is 17.1 Å². The number of ketones is 1. The molecule has 0 aliphatic carbocycles. The lowest BCUT2D eigenvalue weighted by Crippen LogP contribution is -2.16. The summed E-state index contributed by atoms with van der Waals surface area (Å²) >= 11 is 0. The van der Waals surface area contributed by atoms with Crippen molar-refractivity contribution < 1.29 is 19.5 Å². The van der Waals surface area contributed by atoms with Crippen molar-refractivity contribution >= 4 is 11.6 Å². The first-order valence-electron chi connectivity index (χ1n) is 7.82. The van der Waals surface area contributed by atoms with Gasteiger partial charge in [0.05, 0.1) is 6.04 Å². The third-order valence-electron chi connectivity index (χ3n) is 3.82. The zero-order valence-electron chi connectivity index (χ0n) is 13.6. The second kappa shape index (κ2) is 7.09. The highest BCUT2D eigenvalue weighted by Crippen LogP contribution is 2.26. The molecular formula is C19H18N2O4. The molecule has 6 nitrogen and oxygen atoms in total. The van der Waals surface area contributed by atoms with Crippen LogP contribution >= 0.6 is 0 Å². The number of rotatable bonds is 6. The van der Waals surface area contributed by atoms with E-state index in [1.165, 1.54) is 12.1 Å². The van der Waals surface area contributed by atoms with Gasteiger partial charge in [-0.2, -0.15) is 0 Å². The predicted molar refractivity (Wildman–Crippen MR) is 92.8 cm³/mol. The largest absolute Gasteiger partial charge is 0.508 e. The molecule has 6 heteroatoms. The number of nitrogens with one attached hydrogen (secondary N) is 1. The fourth-order valence-corrected chi connectivity index (χ4v) is 2.52. The van der Waals surface area contributed by atoms with Gasteiger partial charge in [0.15, 0.2) is 11.6 Å². The Labute approximate surface area is 144 Å². The predicted octanol–water partition coefficient (Wildman–Crippen LogP) is 3.82. The summed E-state index contributed by atoms with van der Waals surface area (Å²) in [6, 6.07) is 14.2. The van der Waals surface area contributed by atoms with E-state index < -0.39 is 0 Å². The van der Waals surface area contributed by atoms with Gasteiger partial charge in [-0.3, -0.25) is 4.79 Å². The van der Waals surface area contributed by atoms with Crippen molar-refractivity contribution in [1.82, 2.24) is 5.16 Å². The maximum Gasteiger partial charge on any atom is 0.170 e. The number of hydrogen-bond acceptors (Lipinski definition) is 6. The Hall–Kier alpha value is -3.28. The molecule has 0 saturated heterocycles. The van der Waals surface area contributed by atoms with Crippen molar-refractivity contribution in [1.29, 1.82) is 0 Å². The van der Waals surface area contributed by atoms with Gasteiger partial charge in [-0.1, -0.05) is 17.3 Å². The number of phenols is 2. The van der Waals surface area contributed by atoms with Crippen molar-refractivity contribution in [3.63, 3.8) is 0 Å². The number of anilines is 1. The SMILES string of the molecule is Cc1cc(NC(CC(=O)c2ccc(O)cc2)c2ccc(O)cc2)no1. The number of carbonyl (C=O) groups is 1. The maximum atomic E-state index is 12.6. The molecule has 25 heavy (non-hydrogen) atoms. The van der Waals surface area contributed by atoms with E-state index >= 15 is 0 Å². The number of aryl methyl sites for hydroxylation is 1. The van der Waals surface area contributed by atoms with Gasteiger partial charge in [-0.05, 0) is 48.9 Å². The number of aromatic nitrogens is 1. The van der Waals surface area contributed by atoms with Gasteiger partial charge in [0.25, 0.3) is 0 Å². The smallest absolute Gasteiger partial charge is 0.170 e. The molecule has 0 saturated carbocycles. The number of Topliss-reactive ketones (excluding diaryl/α,β-unsaturated/α-hetero) is 1. The fourth-order valence-electron chi connectivity index (χ4n) is 2.52. The van der Waals surface area contributed by atoms with Gasteiger partial charge < -0.3 is 20.1 Å². The summed E-state index contributed by atoms with van der Waals surface area (Å²) < 4.78 is 5.06. The Morgan fingerprint density at radius 1 is 1.08 bits per heavy atom. The number of aromatic hydroxyl groups is 2. The van der Waals surface area contributed by atoms with Crippen molar-refractivity contribution in [3.05, 3.63) is 71.5 Å². The maximum absolute atomic E-state index is 12.6. The molecule has 0 radical (unpaired) electrons. The molecule has 0 aliphatic heterocycles. The molecule has 0 spiro atoms. The lowest BCUT2D eigenvalue weighted by atomic mass is 9.97. The van der Waals surface area contributed by atoms with Crippen LogP contribution in [-0.2, 0) is 0 Å². The molecule has 3 aromatic rings. The Morgan fingerprint density at radius 3 is 2.24 bits per heavy atom. The van der Waals surface area contributed by atoms with Gasteiger partial charge in [-0.15, -0.1) is 0 Å². The zero-order chi connectivity index (χ0) is 17.8. The van der Waals surface area contributed by atoms with Crippen molar-refractivity contribution in [2.75, 3.05) is 5.32 Å². The van der Waals surface area contributed by atoms with Crippen LogP contribution in [0.5, 0.6) is 11.5 Å². The average Bonchev–Trinajstić information content (AvgIpc) is 3.00. The standard InChI is InChI=1S/C19H18N2O4/c1-12-10-19(21-25-12)20-17(13-2-6-15(22)7-3-13)11-18(24)14-4-8-16(23)9-5-14/h2-10,17,22-23H,11H2,1H3,(H,20,21). The quantitative estimate of drug-likeness (QED) is 0.591. The van der Waals surface area contributed by atoms with Crippen LogP contribution in [0, 0.1) is 6.92 Å². The van der Waals surface area contributed by atoms with E-state index in [1.807, 2.05) is 0 Å². The third-order valence-corrected chi connectivity index (χ3v) is 3.82. The molecule has 1 atom stereocenters. The summed E-state index contributed by atoms with van der Waals surface area (Å²) in [7, 11) is 0. The first-order valence-corrected chi connectivity index (χ1v) is 7.82. The number of nitrogens with zero attached hydrogens (tertiary/aromatic N) is 1. The van der Waals surface area contributed by atoms with Gasteiger partial charge in [0.1, 0.15) is 17.3 Å².